The van der Waals surface area contributed by atoms with E-state index in [-0.39, 0.29) is 18.0 Å². The van der Waals surface area contributed by atoms with E-state index in [0.717, 1.165) is 34.0 Å². The van der Waals surface area contributed by atoms with Crippen molar-refractivity contribution >= 4 is 17.6 Å². The molecule has 0 saturated carbocycles. The Hall–Kier alpha value is -4.34. The van der Waals surface area contributed by atoms with Crippen LogP contribution in [0.1, 0.15) is 45.8 Å². The first-order chi connectivity index (χ1) is 16.7. The third kappa shape index (κ3) is 5.26. The minimum atomic E-state index is -0.465. The molecular weight excluding hydrogens is 446 g/mol. The number of hydrogen-bond acceptors (Lipinski definition) is 7. The van der Waals surface area contributed by atoms with Gasteiger partial charge in [-0.05, 0) is 71.0 Å². The molecule has 0 aliphatic heterocycles. The minimum Gasteiger partial charge on any atom is -0.461 e. The maximum atomic E-state index is 12.8. The fraction of sp³-hybridized carbons (Fsp3) is 0.280. The van der Waals surface area contributed by atoms with Gasteiger partial charge in [-0.1, -0.05) is 0 Å². The molecule has 10 nitrogen and oxygen atoms in total. The predicted octanol–water partition coefficient (Wildman–Crippen LogP) is 3.44. The predicted molar refractivity (Wildman–Crippen MR) is 130 cm³/mol. The van der Waals surface area contributed by atoms with Gasteiger partial charge >= 0.3 is 5.97 Å². The van der Waals surface area contributed by atoms with Crippen molar-refractivity contribution < 1.29 is 14.3 Å². The Balaban J connectivity index is 1.45. The van der Waals surface area contributed by atoms with Gasteiger partial charge in [0.15, 0.2) is 5.69 Å². The van der Waals surface area contributed by atoms with Crippen molar-refractivity contribution in [2.75, 3.05) is 11.9 Å². The minimum absolute atomic E-state index is 0.159. The van der Waals surface area contributed by atoms with E-state index in [9.17, 15) is 9.59 Å². The van der Waals surface area contributed by atoms with Gasteiger partial charge in [0.05, 0.1) is 24.4 Å². The fourth-order valence-electron chi connectivity index (χ4n) is 3.77. The molecule has 0 fully saturated rings. The first kappa shape index (κ1) is 23.8. The number of ether oxygens (including phenoxy) is 1. The fourth-order valence-corrected chi connectivity index (χ4v) is 3.77. The van der Waals surface area contributed by atoms with Crippen LogP contribution in [0, 0.1) is 27.7 Å². The molecule has 1 aromatic carbocycles. The summed E-state index contributed by atoms with van der Waals surface area (Å²) in [5.41, 5.74) is 5.77. The molecule has 10 heteroatoms. The number of anilines is 1. The number of aryl methyl sites for hydroxylation is 3. The summed E-state index contributed by atoms with van der Waals surface area (Å²) < 4.78 is 8.23. The van der Waals surface area contributed by atoms with E-state index >= 15 is 0 Å². The maximum absolute atomic E-state index is 12.8. The van der Waals surface area contributed by atoms with Gasteiger partial charge in [-0.25, -0.2) is 24.1 Å². The molecule has 0 spiro atoms. The average molecular weight is 474 g/mol. The second-order valence-corrected chi connectivity index (χ2v) is 8.15. The van der Waals surface area contributed by atoms with Gasteiger partial charge in [-0.3, -0.25) is 4.79 Å². The molecule has 1 amide bonds. The molecule has 0 atom stereocenters. The van der Waals surface area contributed by atoms with Crippen LogP contribution in [0.25, 0.3) is 11.6 Å². The van der Waals surface area contributed by atoms with Gasteiger partial charge in [-0.15, -0.1) is 0 Å². The van der Waals surface area contributed by atoms with Crippen LogP contribution in [-0.4, -0.2) is 48.0 Å². The van der Waals surface area contributed by atoms with Gasteiger partial charge in [0.1, 0.15) is 0 Å². The highest BCUT2D eigenvalue weighted by atomic mass is 16.5. The quantitative estimate of drug-likeness (QED) is 0.409. The summed E-state index contributed by atoms with van der Waals surface area (Å²) in [5, 5.41) is 11.7. The number of carbonyl (C=O) groups excluding carboxylic acids is 2. The number of nitrogens with zero attached hydrogens (tertiary/aromatic N) is 6. The van der Waals surface area contributed by atoms with Crippen molar-refractivity contribution in [2.24, 2.45) is 0 Å². The molecule has 0 radical (unpaired) electrons. The summed E-state index contributed by atoms with van der Waals surface area (Å²) in [5.74, 6) is -0.128. The molecule has 35 heavy (non-hydrogen) atoms. The SMILES string of the molecule is CCOC(=O)c1ccn(-c2ccc(NC(=O)Cc3c(C)nn(-c4nc(C)cc(C)n4)c3C)cc2)n1. The Morgan fingerprint density at radius 1 is 0.971 bits per heavy atom. The molecular formula is C25H27N7O3. The van der Waals surface area contributed by atoms with Crippen molar-refractivity contribution in [1.29, 1.82) is 0 Å². The first-order valence-electron chi connectivity index (χ1n) is 11.3. The summed E-state index contributed by atoms with van der Waals surface area (Å²) in [4.78, 5) is 33.6. The zero-order valence-electron chi connectivity index (χ0n) is 20.4. The Morgan fingerprint density at radius 2 is 1.66 bits per heavy atom. The largest absolute Gasteiger partial charge is 0.461 e. The highest BCUT2D eigenvalue weighted by Gasteiger charge is 2.18. The summed E-state index contributed by atoms with van der Waals surface area (Å²) in [7, 11) is 0. The molecule has 0 aliphatic rings. The van der Waals surface area contributed by atoms with Crippen LogP contribution in [0.4, 0.5) is 5.69 Å². The van der Waals surface area contributed by atoms with Gasteiger partial charge in [0, 0.05) is 34.5 Å². The van der Waals surface area contributed by atoms with E-state index in [1.165, 1.54) is 0 Å². The molecule has 1 N–H and O–H groups in total. The third-order valence-electron chi connectivity index (χ3n) is 5.43. The topological polar surface area (TPSA) is 117 Å². The van der Waals surface area contributed by atoms with Crippen LogP contribution in [0.5, 0.6) is 0 Å². The highest BCUT2D eigenvalue weighted by Crippen LogP contribution is 2.19. The van der Waals surface area contributed by atoms with Gasteiger partial charge in [-0.2, -0.15) is 10.2 Å². The molecule has 180 valence electrons. The van der Waals surface area contributed by atoms with Gasteiger partial charge in [0.25, 0.3) is 5.95 Å². The second kappa shape index (κ2) is 9.88. The number of nitrogens with one attached hydrogen (secondary N) is 1. The van der Waals surface area contributed by atoms with Crippen LogP contribution in [0.15, 0.2) is 42.6 Å². The van der Waals surface area contributed by atoms with E-state index in [2.05, 4.69) is 25.5 Å². The summed E-state index contributed by atoms with van der Waals surface area (Å²) >= 11 is 0. The Kier molecular flexibility index (Phi) is 6.72. The third-order valence-corrected chi connectivity index (χ3v) is 5.43. The summed E-state index contributed by atoms with van der Waals surface area (Å²) in [6.07, 6.45) is 1.86. The number of amides is 1. The lowest BCUT2D eigenvalue weighted by atomic mass is 10.1. The number of carbonyl (C=O) groups is 2. The lowest BCUT2D eigenvalue weighted by molar-refractivity contribution is -0.115. The summed E-state index contributed by atoms with van der Waals surface area (Å²) in [6, 6.07) is 10.7. The molecule has 3 heterocycles. The normalized spacial score (nSPS) is 10.9. The number of esters is 1. The lowest BCUT2D eigenvalue weighted by Gasteiger charge is -2.08. The van der Waals surface area contributed by atoms with Crippen molar-refractivity contribution in [3.8, 4) is 11.6 Å². The van der Waals surface area contributed by atoms with E-state index in [0.29, 0.717) is 18.2 Å². The Bertz CT molecular complexity index is 1370. The molecule has 4 rings (SSSR count). The van der Waals surface area contributed by atoms with Crippen LogP contribution >= 0.6 is 0 Å². The van der Waals surface area contributed by atoms with Crippen molar-refractivity contribution in [3.05, 3.63) is 76.6 Å². The molecule has 0 aliphatic carbocycles. The van der Waals surface area contributed by atoms with E-state index < -0.39 is 5.97 Å². The van der Waals surface area contributed by atoms with Crippen LogP contribution in [-0.2, 0) is 16.0 Å². The van der Waals surface area contributed by atoms with Gasteiger partial charge in [0.2, 0.25) is 5.91 Å². The molecule has 0 unspecified atom stereocenters. The Labute approximate surface area is 203 Å². The van der Waals surface area contributed by atoms with Crippen molar-refractivity contribution in [1.82, 2.24) is 29.5 Å². The zero-order valence-corrected chi connectivity index (χ0v) is 20.4. The maximum Gasteiger partial charge on any atom is 0.358 e. The van der Waals surface area contributed by atoms with Crippen LogP contribution in [0.2, 0.25) is 0 Å². The summed E-state index contributed by atoms with van der Waals surface area (Å²) in [6.45, 7) is 9.64. The monoisotopic (exact) mass is 473 g/mol. The standard InChI is InChI=1S/C25H27N7O3/c1-6-35-24(34)22-11-12-31(30-22)20-9-7-19(8-10-20)28-23(33)14-21-17(4)29-32(18(21)5)25-26-15(2)13-16(3)27-25/h7-13H,6,14H2,1-5H3,(H,28,33). The van der Waals surface area contributed by atoms with Crippen LogP contribution < -0.4 is 5.32 Å². The average Bonchev–Trinajstić information content (AvgIpc) is 3.40. The Morgan fingerprint density at radius 3 is 2.31 bits per heavy atom. The smallest absolute Gasteiger partial charge is 0.358 e. The zero-order chi connectivity index (χ0) is 25.1. The highest BCUT2D eigenvalue weighted by molar-refractivity contribution is 5.92. The first-order valence-corrected chi connectivity index (χ1v) is 11.3. The number of benzene rings is 1. The molecule has 4 aromatic rings. The lowest BCUT2D eigenvalue weighted by Crippen LogP contribution is -2.15. The van der Waals surface area contributed by atoms with E-state index in [4.69, 9.17) is 4.74 Å². The molecule has 0 saturated heterocycles. The number of aromatic nitrogens is 6. The van der Waals surface area contributed by atoms with E-state index in [1.807, 2.05) is 45.9 Å². The number of hydrogen-bond donors (Lipinski definition) is 1. The molecule has 0 bridgehead atoms. The van der Waals surface area contributed by atoms with Crippen molar-refractivity contribution in [3.63, 3.8) is 0 Å². The molecule has 3 aromatic heterocycles. The van der Waals surface area contributed by atoms with E-state index in [1.54, 1.807) is 40.7 Å². The van der Waals surface area contributed by atoms with Crippen molar-refractivity contribution in [2.45, 2.75) is 41.0 Å². The second-order valence-electron chi connectivity index (χ2n) is 8.15. The van der Waals surface area contributed by atoms with Crippen LogP contribution in [0.3, 0.4) is 0 Å². The van der Waals surface area contributed by atoms with Gasteiger partial charge < -0.3 is 10.1 Å². The number of rotatable bonds is 7.